The smallest absolute Gasteiger partial charge is 0.410 e. The van der Waals surface area contributed by atoms with Crippen molar-refractivity contribution in [1.82, 2.24) is 4.90 Å². The Hall–Kier alpha value is -3.67. The number of carbonyl (C=O) groups is 2. The highest BCUT2D eigenvalue weighted by Crippen LogP contribution is 2.44. The molecule has 6 heteroatoms. The van der Waals surface area contributed by atoms with Crippen molar-refractivity contribution in [1.29, 1.82) is 0 Å². The lowest BCUT2D eigenvalue weighted by atomic mass is 9.97. The van der Waals surface area contributed by atoms with Gasteiger partial charge in [0.15, 0.2) is 0 Å². The monoisotopic (exact) mass is 417 g/mol. The van der Waals surface area contributed by atoms with E-state index in [2.05, 4.69) is 24.3 Å². The van der Waals surface area contributed by atoms with E-state index in [4.69, 9.17) is 9.84 Å². The van der Waals surface area contributed by atoms with Gasteiger partial charge in [-0.1, -0.05) is 48.5 Å². The van der Waals surface area contributed by atoms with E-state index >= 15 is 0 Å². The lowest BCUT2D eigenvalue weighted by Crippen LogP contribution is -2.37. The van der Waals surface area contributed by atoms with Gasteiger partial charge in [0.1, 0.15) is 12.4 Å². The van der Waals surface area contributed by atoms with Crippen LogP contribution in [0, 0.1) is 5.82 Å². The first-order chi connectivity index (χ1) is 15.0. The summed E-state index contributed by atoms with van der Waals surface area (Å²) in [5, 5.41) is 9.10. The maximum absolute atomic E-state index is 14.1. The van der Waals surface area contributed by atoms with Gasteiger partial charge in [-0.15, -0.1) is 0 Å². The average molecular weight is 417 g/mol. The first kappa shape index (κ1) is 19.3. The SMILES string of the molecule is O=C(O)c1cc2c(cc1F)CN(C(=O)OCC1c3ccccc3-c3ccccc31)CC2. The van der Waals surface area contributed by atoms with Crippen molar-refractivity contribution >= 4 is 12.1 Å². The minimum absolute atomic E-state index is 0.0241. The molecule has 5 rings (SSSR count). The summed E-state index contributed by atoms with van der Waals surface area (Å²) in [6.45, 7) is 0.819. The standard InChI is InChI=1S/C25H20FNO4/c26-23-12-16-13-27(10-9-15(16)11-21(23)24(28)29)25(30)31-14-22-19-7-3-1-5-17(19)18-6-2-4-8-20(18)22/h1-8,11-12,22H,9-10,13-14H2,(H,28,29). The largest absolute Gasteiger partial charge is 0.478 e. The molecular weight excluding hydrogens is 397 g/mol. The van der Waals surface area contributed by atoms with Crippen molar-refractivity contribution in [3.05, 3.63) is 94.3 Å². The van der Waals surface area contributed by atoms with Crippen molar-refractivity contribution in [3.63, 3.8) is 0 Å². The number of ether oxygens (including phenoxy) is 1. The van der Waals surface area contributed by atoms with Crippen LogP contribution in [0.5, 0.6) is 0 Å². The molecule has 3 aromatic rings. The molecule has 0 spiro atoms. The zero-order valence-corrected chi connectivity index (χ0v) is 16.7. The van der Waals surface area contributed by atoms with Crippen LogP contribution in [0.4, 0.5) is 9.18 Å². The first-order valence-electron chi connectivity index (χ1n) is 10.2. The summed E-state index contributed by atoms with van der Waals surface area (Å²) in [6, 6.07) is 18.8. The summed E-state index contributed by atoms with van der Waals surface area (Å²) < 4.78 is 19.8. The number of hydrogen-bond donors (Lipinski definition) is 1. The lowest BCUT2D eigenvalue weighted by molar-refractivity contribution is 0.0690. The Balaban J connectivity index is 1.31. The number of amides is 1. The van der Waals surface area contributed by atoms with Gasteiger partial charge in [-0.3, -0.25) is 0 Å². The van der Waals surface area contributed by atoms with E-state index in [9.17, 15) is 14.0 Å². The minimum Gasteiger partial charge on any atom is -0.478 e. The predicted octanol–water partition coefficient (Wildman–Crippen LogP) is 4.83. The Kier molecular flexibility index (Phi) is 4.70. The maximum Gasteiger partial charge on any atom is 0.410 e. The Labute approximate surface area is 178 Å². The summed E-state index contributed by atoms with van der Waals surface area (Å²) in [7, 11) is 0. The normalized spacial score (nSPS) is 14.5. The van der Waals surface area contributed by atoms with Crippen LogP contribution >= 0.6 is 0 Å². The highest BCUT2D eigenvalue weighted by atomic mass is 19.1. The molecule has 1 heterocycles. The van der Waals surface area contributed by atoms with Crippen LogP contribution in [-0.2, 0) is 17.7 Å². The topological polar surface area (TPSA) is 66.8 Å². The maximum atomic E-state index is 14.1. The quantitative estimate of drug-likeness (QED) is 0.663. The second-order valence-corrected chi connectivity index (χ2v) is 7.88. The van der Waals surface area contributed by atoms with Crippen molar-refractivity contribution < 1.29 is 23.8 Å². The molecule has 1 N–H and O–H groups in total. The lowest BCUT2D eigenvalue weighted by Gasteiger charge is -2.29. The minimum atomic E-state index is -1.29. The van der Waals surface area contributed by atoms with Crippen LogP contribution in [0.2, 0.25) is 0 Å². The number of benzene rings is 3. The van der Waals surface area contributed by atoms with E-state index in [-0.39, 0.29) is 24.6 Å². The second-order valence-electron chi connectivity index (χ2n) is 7.88. The van der Waals surface area contributed by atoms with Crippen LogP contribution in [0.25, 0.3) is 11.1 Å². The molecule has 3 aromatic carbocycles. The molecule has 156 valence electrons. The van der Waals surface area contributed by atoms with Crippen molar-refractivity contribution in [3.8, 4) is 11.1 Å². The van der Waals surface area contributed by atoms with Gasteiger partial charge < -0.3 is 14.7 Å². The number of nitrogens with zero attached hydrogens (tertiary/aromatic N) is 1. The zero-order chi connectivity index (χ0) is 21.5. The van der Waals surface area contributed by atoms with Crippen LogP contribution in [0.15, 0.2) is 60.7 Å². The molecule has 31 heavy (non-hydrogen) atoms. The molecule has 0 saturated carbocycles. The van der Waals surface area contributed by atoms with Crippen LogP contribution in [0.1, 0.15) is 38.5 Å². The van der Waals surface area contributed by atoms with Gasteiger partial charge in [0.25, 0.3) is 0 Å². The van der Waals surface area contributed by atoms with Gasteiger partial charge in [-0.25, -0.2) is 14.0 Å². The third kappa shape index (κ3) is 3.34. The molecule has 0 aromatic heterocycles. The Morgan fingerprint density at radius 2 is 1.65 bits per heavy atom. The summed E-state index contributed by atoms with van der Waals surface area (Å²) in [4.78, 5) is 25.4. The number of hydrogen-bond acceptors (Lipinski definition) is 3. The summed E-state index contributed by atoms with van der Waals surface area (Å²) in [5.74, 6) is -2.11. The second kappa shape index (κ2) is 7.54. The first-order valence-corrected chi connectivity index (χ1v) is 10.2. The average Bonchev–Trinajstić information content (AvgIpc) is 3.10. The molecule has 1 aliphatic heterocycles. The molecular formula is C25H20FNO4. The Bertz CT molecular complexity index is 1160. The number of carboxylic acid groups (broad SMARTS) is 1. The van der Waals surface area contributed by atoms with E-state index in [1.807, 2.05) is 24.3 Å². The fraction of sp³-hybridized carbons (Fsp3) is 0.200. The zero-order valence-electron chi connectivity index (χ0n) is 16.7. The van der Waals surface area contributed by atoms with E-state index in [0.29, 0.717) is 18.5 Å². The number of fused-ring (bicyclic) bond motifs is 4. The Morgan fingerprint density at radius 3 is 2.29 bits per heavy atom. The van der Waals surface area contributed by atoms with Crippen LogP contribution in [0.3, 0.4) is 0 Å². The van der Waals surface area contributed by atoms with E-state index < -0.39 is 17.9 Å². The van der Waals surface area contributed by atoms with Crippen LogP contribution < -0.4 is 0 Å². The van der Waals surface area contributed by atoms with Crippen LogP contribution in [-0.4, -0.2) is 35.2 Å². The molecule has 0 fully saturated rings. The molecule has 5 nitrogen and oxygen atoms in total. The summed E-state index contributed by atoms with van der Waals surface area (Å²) in [6.07, 6.45) is 0.00956. The fourth-order valence-corrected chi connectivity index (χ4v) is 4.58. The van der Waals surface area contributed by atoms with Gasteiger partial charge in [0, 0.05) is 19.0 Å². The fourth-order valence-electron chi connectivity index (χ4n) is 4.58. The molecule has 2 aliphatic rings. The molecule has 0 saturated heterocycles. The van der Waals surface area contributed by atoms with Gasteiger partial charge in [0.2, 0.25) is 0 Å². The van der Waals surface area contributed by atoms with Crippen molar-refractivity contribution in [2.24, 2.45) is 0 Å². The van der Waals surface area contributed by atoms with Gasteiger partial charge in [0.05, 0.1) is 5.56 Å². The number of rotatable bonds is 3. The van der Waals surface area contributed by atoms with Crippen molar-refractivity contribution in [2.75, 3.05) is 13.2 Å². The highest BCUT2D eigenvalue weighted by Gasteiger charge is 2.30. The number of carbonyl (C=O) groups excluding carboxylic acids is 1. The van der Waals surface area contributed by atoms with Crippen molar-refractivity contribution in [2.45, 2.75) is 18.9 Å². The van der Waals surface area contributed by atoms with Gasteiger partial charge in [-0.2, -0.15) is 0 Å². The molecule has 0 bridgehead atoms. The summed E-state index contributed by atoms with van der Waals surface area (Å²) in [5.41, 5.74) is 5.64. The van der Waals surface area contributed by atoms with Gasteiger partial charge >= 0.3 is 12.1 Å². The van der Waals surface area contributed by atoms with Gasteiger partial charge in [-0.05, 0) is 51.9 Å². The number of aromatic carboxylic acids is 1. The predicted molar refractivity (Wildman–Crippen MR) is 113 cm³/mol. The molecule has 0 unspecified atom stereocenters. The molecule has 0 atom stereocenters. The highest BCUT2D eigenvalue weighted by molar-refractivity contribution is 5.88. The third-order valence-corrected chi connectivity index (χ3v) is 6.13. The Morgan fingerprint density at radius 1 is 1.00 bits per heavy atom. The number of halogens is 1. The van der Waals surface area contributed by atoms with E-state index in [1.54, 1.807) is 0 Å². The van der Waals surface area contributed by atoms with E-state index in [1.165, 1.54) is 17.0 Å². The molecule has 0 radical (unpaired) electrons. The number of carboxylic acids is 1. The van der Waals surface area contributed by atoms with E-state index in [0.717, 1.165) is 27.8 Å². The summed E-state index contributed by atoms with van der Waals surface area (Å²) >= 11 is 0. The third-order valence-electron chi connectivity index (χ3n) is 6.13. The molecule has 1 aliphatic carbocycles. The molecule has 1 amide bonds.